The van der Waals surface area contributed by atoms with Gasteiger partial charge in [0.05, 0.1) is 6.54 Å². The molecule has 1 heterocycles. The lowest BCUT2D eigenvalue weighted by Crippen LogP contribution is -2.28. The zero-order valence-corrected chi connectivity index (χ0v) is 9.79. The molecular weight excluding hydrogens is 202 g/mol. The van der Waals surface area contributed by atoms with Crippen molar-refractivity contribution in [1.82, 2.24) is 9.88 Å². The highest BCUT2D eigenvalue weighted by molar-refractivity contribution is 5.80. The van der Waals surface area contributed by atoms with Gasteiger partial charge < -0.3 is 10.2 Å². The second-order valence-corrected chi connectivity index (χ2v) is 4.30. The normalized spacial score (nSPS) is 13.4. The fourth-order valence-corrected chi connectivity index (χ4v) is 1.84. The topological polar surface area (TPSA) is 45.2 Å². The van der Waals surface area contributed by atoms with Crippen molar-refractivity contribution in [3.05, 3.63) is 23.4 Å². The minimum absolute atomic E-state index is 0.0577. The Bertz CT molecular complexity index is 401. The van der Waals surface area contributed by atoms with Crippen LogP contribution in [-0.4, -0.2) is 36.4 Å². The van der Waals surface area contributed by atoms with Gasteiger partial charge in [-0.25, -0.2) is 4.98 Å². The van der Waals surface area contributed by atoms with Crippen LogP contribution in [-0.2, 0) is 17.6 Å². The van der Waals surface area contributed by atoms with Crippen molar-refractivity contribution in [2.75, 3.05) is 26.0 Å². The summed E-state index contributed by atoms with van der Waals surface area (Å²) in [4.78, 5) is 17.5. The molecule has 0 aliphatic heterocycles. The van der Waals surface area contributed by atoms with Gasteiger partial charge in [0.2, 0.25) is 5.91 Å². The lowest BCUT2D eigenvalue weighted by Gasteiger charge is -2.11. The smallest absolute Gasteiger partial charge is 0.241 e. The number of fused-ring (bicyclic) bond motifs is 1. The molecule has 2 rings (SSSR count). The standard InChI is InChI=1S/C12H17N3O/c1-15(2)12(16)8-13-11-7-6-9-4-3-5-10(9)14-11/h6-7H,3-5,8H2,1-2H3,(H,13,14). The number of aryl methyl sites for hydroxylation is 2. The molecule has 1 amide bonds. The SMILES string of the molecule is CN(C)C(=O)CNc1ccc2c(n1)CCC2. The maximum Gasteiger partial charge on any atom is 0.241 e. The van der Waals surface area contributed by atoms with Crippen LogP contribution in [0.25, 0.3) is 0 Å². The highest BCUT2D eigenvalue weighted by Crippen LogP contribution is 2.21. The van der Waals surface area contributed by atoms with Crippen LogP contribution in [0.3, 0.4) is 0 Å². The molecular formula is C12H17N3O. The maximum absolute atomic E-state index is 11.4. The minimum atomic E-state index is 0.0577. The van der Waals surface area contributed by atoms with Gasteiger partial charge in [0.25, 0.3) is 0 Å². The highest BCUT2D eigenvalue weighted by atomic mass is 16.2. The third kappa shape index (κ3) is 2.32. The molecule has 0 bridgehead atoms. The van der Waals surface area contributed by atoms with Gasteiger partial charge in [-0.2, -0.15) is 0 Å². The Morgan fingerprint density at radius 1 is 1.44 bits per heavy atom. The molecule has 1 aromatic rings. The average molecular weight is 219 g/mol. The molecule has 0 saturated carbocycles. The molecule has 0 atom stereocenters. The molecule has 1 aliphatic carbocycles. The summed E-state index contributed by atoms with van der Waals surface area (Å²) in [5, 5.41) is 3.05. The molecule has 1 aliphatic rings. The van der Waals surface area contributed by atoms with Crippen LogP contribution in [0.4, 0.5) is 5.82 Å². The van der Waals surface area contributed by atoms with Crippen LogP contribution in [0, 0.1) is 0 Å². The Morgan fingerprint density at radius 2 is 2.25 bits per heavy atom. The second kappa shape index (κ2) is 4.51. The van der Waals surface area contributed by atoms with Crippen molar-refractivity contribution in [3.8, 4) is 0 Å². The molecule has 0 spiro atoms. The van der Waals surface area contributed by atoms with Crippen LogP contribution in [0.1, 0.15) is 17.7 Å². The van der Waals surface area contributed by atoms with Gasteiger partial charge in [-0.1, -0.05) is 6.07 Å². The minimum Gasteiger partial charge on any atom is -0.361 e. The number of aromatic nitrogens is 1. The Hall–Kier alpha value is -1.58. The summed E-state index contributed by atoms with van der Waals surface area (Å²) in [5.74, 6) is 0.859. The molecule has 0 saturated heterocycles. The van der Waals surface area contributed by atoms with Crippen LogP contribution in [0.15, 0.2) is 12.1 Å². The van der Waals surface area contributed by atoms with Crippen LogP contribution >= 0.6 is 0 Å². The summed E-state index contributed by atoms with van der Waals surface area (Å²) in [6, 6.07) is 4.06. The van der Waals surface area contributed by atoms with Crippen LogP contribution < -0.4 is 5.32 Å². The Kier molecular flexibility index (Phi) is 3.08. The van der Waals surface area contributed by atoms with Gasteiger partial charge in [-0.15, -0.1) is 0 Å². The lowest BCUT2D eigenvalue weighted by atomic mass is 10.2. The molecule has 1 N–H and O–H groups in total. The number of hydrogen-bond donors (Lipinski definition) is 1. The summed E-state index contributed by atoms with van der Waals surface area (Å²) in [5.41, 5.74) is 2.53. The quantitative estimate of drug-likeness (QED) is 0.827. The fraction of sp³-hybridized carbons (Fsp3) is 0.500. The number of nitrogens with one attached hydrogen (secondary N) is 1. The average Bonchev–Trinajstić information content (AvgIpc) is 2.72. The summed E-state index contributed by atoms with van der Waals surface area (Å²) in [7, 11) is 3.50. The van der Waals surface area contributed by atoms with Crippen molar-refractivity contribution in [2.24, 2.45) is 0 Å². The molecule has 4 nitrogen and oxygen atoms in total. The van der Waals surface area contributed by atoms with Gasteiger partial charge in [-0.3, -0.25) is 4.79 Å². The summed E-state index contributed by atoms with van der Waals surface area (Å²) in [6.07, 6.45) is 3.40. The highest BCUT2D eigenvalue weighted by Gasteiger charge is 2.12. The summed E-state index contributed by atoms with van der Waals surface area (Å²) < 4.78 is 0. The molecule has 1 aromatic heterocycles. The molecule has 0 aromatic carbocycles. The Balaban J connectivity index is 1.98. The van der Waals surface area contributed by atoms with Gasteiger partial charge in [-0.05, 0) is 30.9 Å². The Morgan fingerprint density at radius 3 is 3.00 bits per heavy atom. The number of rotatable bonds is 3. The fourth-order valence-electron chi connectivity index (χ4n) is 1.84. The maximum atomic E-state index is 11.4. The number of pyridine rings is 1. The third-order valence-electron chi connectivity index (χ3n) is 2.85. The van der Waals surface area contributed by atoms with E-state index in [1.54, 1.807) is 19.0 Å². The number of carbonyl (C=O) groups excluding carboxylic acids is 1. The number of carbonyl (C=O) groups is 1. The molecule has 86 valence electrons. The first-order chi connectivity index (χ1) is 7.66. The van der Waals surface area contributed by atoms with E-state index in [0.29, 0.717) is 6.54 Å². The molecule has 0 unspecified atom stereocenters. The van der Waals surface area contributed by atoms with E-state index in [1.807, 2.05) is 6.07 Å². The molecule has 16 heavy (non-hydrogen) atoms. The van der Waals surface area contributed by atoms with E-state index in [9.17, 15) is 4.79 Å². The van der Waals surface area contributed by atoms with E-state index in [-0.39, 0.29) is 5.91 Å². The van der Waals surface area contributed by atoms with Crippen molar-refractivity contribution in [2.45, 2.75) is 19.3 Å². The first-order valence-corrected chi connectivity index (χ1v) is 5.59. The van der Waals surface area contributed by atoms with E-state index in [1.165, 1.54) is 17.7 Å². The zero-order chi connectivity index (χ0) is 11.5. The van der Waals surface area contributed by atoms with E-state index in [4.69, 9.17) is 0 Å². The Labute approximate surface area is 95.7 Å². The largest absolute Gasteiger partial charge is 0.361 e. The van der Waals surface area contributed by atoms with Crippen LogP contribution in [0.2, 0.25) is 0 Å². The van der Waals surface area contributed by atoms with Gasteiger partial charge in [0, 0.05) is 19.8 Å². The number of amides is 1. The number of hydrogen-bond acceptors (Lipinski definition) is 3. The predicted molar refractivity (Wildman–Crippen MR) is 63.4 cm³/mol. The predicted octanol–water partition coefficient (Wildman–Crippen LogP) is 1.07. The molecule has 4 heteroatoms. The summed E-state index contributed by atoms with van der Waals surface area (Å²) in [6.45, 7) is 0.304. The molecule has 0 radical (unpaired) electrons. The van der Waals surface area contributed by atoms with E-state index in [2.05, 4.69) is 16.4 Å². The van der Waals surface area contributed by atoms with Crippen molar-refractivity contribution >= 4 is 11.7 Å². The first-order valence-electron chi connectivity index (χ1n) is 5.59. The number of likely N-dealkylation sites (N-methyl/N-ethyl adjacent to an activating group) is 1. The van der Waals surface area contributed by atoms with E-state index in [0.717, 1.165) is 18.7 Å². The van der Waals surface area contributed by atoms with Crippen LogP contribution in [0.5, 0.6) is 0 Å². The lowest BCUT2D eigenvalue weighted by molar-refractivity contribution is -0.126. The second-order valence-electron chi connectivity index (χ2n) is 4.30. The van der Waals surface area contributed by atoms with Crippen molar-refractivity contribution in [3.63, 3.8) is 0 Å². The number of nitrogens with zero attached hydrogens (tertiary/aromatic N) is 2. The van der Waals surface area contributed by atoms with Crippen molar-refractivity contribution < 1.29 is 4.79 Å². The van der Waals surface area contributed by atoms with E-state index < -0.39 is 0 Å². The number of anilines is 1. The zero-order valence-electron chi connectivity index (χ0n) is 9.79. The third-order valence-corrected chi connectivity index (χ3v) is 2.85. The van der Waals surface area contributed by atoms with Crippen molar-refractivity contribution in [1.29, 1.82) is 0 Å². The monoisotopic (exact) mass is 219 g/mol. The first kappa shape index (κ1) is 10.9. The van der Waals surface area contributed by atoms with Gasteiger partial charge >= 0.3 is 0 Å². The summed E-state index contributed by atoms with van der Waals surface area (Å²) >= 11 is 0. The van der Waals surface area contributed by atoms with Gasteiger partial charge in [0.15, 0.2) is 0 Å². The molecule has 0 fully saturated rings. The van der Waals surface area contributed by atoms with E-state index >= 15 is 0 Å². The van der Waals surface area contributed by atoms with Gasteiger partial charge in [0.1, 0.15) is 5.82 Å².